The summed E-state index contributed by atoms with van der Waals surface area (Å²) in [5, 5.41) is 13.4. The summed E-state index contributed by atoms with van der Waals surface area (Å²) in [6, 6.07) is 9.49. The highest BCUT2D eigenvalue weighted by atomic mass is 32.2. The maximum atomic E-state index is 12.3. The van der Waals surface area contributed by atoms with Crippen LogP contribution in [0.5, 0.6) is 0 Å². The molecule has 8 nitrogen and oxygen atoms in total. The Morgan fingerprint density at radius 3 is 2.29 bits per heavy atom. The van der Waals surface area contributed by atoms with E-state index in [1.54, 1.807) is 0 Å². The van der Waals surface area contributed by atoms with Gasteiger partial charge in [0.15, 0.2) is 0 Å². The fourth-order valence-electron chi connectivity index (χ4n) is 2.00. The molecule has 0 aliphatic carbocycles. The van der Waals surface area contributed by atoms with Crippen molar-refractivity contribution < 1.29 is 18.1 Å². The minimum atomic E-state index is -3.98. The summed E-state index contributed by atoms with van der Waals surface area (Å²) in [7, 11) is -2.49. The summed E-state index contributed by atoms with van der Waals surface area (Å²) in [6.45, 7) is 1.53. The van der Waals surface area contributed by atoms with Gasteiger partial charge in [-0.1, -0.05) is 6.07 Å². The first kappa shape index (κ1) is 17.4. The third-order valence-electron chi connectivity index (χ3n) is 3.31. The SMILES string of the molecule is CNC(=O)c1ccc(NS(=O)(=O)c2ccc(C)c([N+](=O)[O-])c2)cc1. The lowest BCUT2D eigenvalue weighted by atomic mass is 10.2. The second-order valence-corrected chi connectivity index (χ2v) is 6.65. The van der Waals surface area contributed by atoms with E-state index < -0.39 is 14.9 Å². The van der Waals surface area contributed by atoms with Crippen LogP contribution in [0.3, 0.4) is 0 Å². The minimum Gasteiger partial charge on any atom is -0.355 e. The number of nitrogens with zero attached hydrogens (tertiary/aromatic N) is 1. The normalized spacial score (nSPS) is 10.9. The molecule has 0 spiro atoms. The Hall–Kier alpha value is -2.94. The monoisotopic (exact) mass is 349 g/mol. The van der Waals surface area contributed by atoms with Gasteiger partial charge in [-0.05, 0) is 37.3 Å². The average Bonchev–Trinajstić information content (AvgIpc) is 2.54. The number of anilines is 1. The van der Waals surface area contributed by atoms with Gasteiger partial charge in [0.1, 0.15) is 0 Å². The van der Waals surface area contributed by atoms with E-state index in [0.717, 1.165) is 6.07 Å². The Balaban J connectivity index is 2.30. The number of nitro benzene ring substituents is 1. The number of rotatable bonds is 5. The highest BCUT2D eigenvalue weighted by molar-refractivity contribution is 7.92. The lowest BCUT2D eigenvalue weighted by Gasteiger charge is -2.09. The summed E-state index contributed by atoms with van der Waals surface area (Å²) < 4.78 is 27.0. The number of carbonyl (C=O) groups is 1. The largest absolute Gasteiger partial charge is 0.355 e. The maximum Gasteiger partial charge on any atom is 0.273 e. The van der Waals surface area contributed by atoms with Crippen molar-refractivity contribution in [2.45, 2.75) is 11.8 Å². The second kappa shape index (κ2) is 6.67. The number of nitrogens with one attached hydrogen (secondary N) is 2. The van der Waals surface area contributed by atoms with Crippen molar-refractivity contribution >= 4 is 27.3 Å². The summed E-state index contributed by atoms with van der Waals surface area (Å²) in [6.07, 6.45) is 0. The third-order valence-corrected chi connectivity index (χ3v) is 4.69. The smallest absolute Gasteiger partial charge is 0.273 e. The quantitative estimate of drug-likeness (QED) is 0.633. The predicted molar refractivity (Wildman–Crippen MR) is 88.5 cm³/mol. The molecule has 24 heavy (non-hydrogen) atoms. The summed E-state index contributed by atoms with van der Waals surface area (Å²) in [5.74, 6) is -0.293. The lowest BCUT2D eigenvalue weighted by Crippen LogP contribution is -2.18. The first-order valence-corrected chi connectivity index (χ1v) is 8.33. The summed E-state index contributed by atoms with van der Waals surface area (Å²) in [5.41, 5.74) is 0.721. The Labute approximate surface area is 138 Å². The number of aryl methyl sites for hydroxylation is 1. The molecule has 0 fully saturated rings. The van der Waals surface area contributed by atoms with Gasteiger partial charge in [0.25, 0.3) is 21.6 Å². The van der Waals surface area contributed by atoms with Crippen LogP contribution in [0.15, 0.2) is 47.4 Å². The number of carbonyl (C=O) groups excluding carboxylic acids is 1. The average molecular weight is 349 g/mol. The molecule has 0 atom stereocenters. The highest BCUT2D eigenvalue weighted by Gasteiger charge is 2.20. The van der Waals surface area contributed by atoms with Crippen molar-refractivity contribution in [1.82, 2.24) is 5.32 Å². The first-order chi connectivity index (χ1) is 11.2. The lowest BCUT2D eigenvalue weighted by molar-refractivity contribution is -0.385. The highest BCUT2D eigenvalue weighted by Crippen LogP contribution is 2.24. The van der Waals surface area contributed by atoms with Gasteiger partial charge in [0, 0.05) is 29.9 Å². The van der Waals surface area contributed by atoms with E-state index in [2.05, 4.69) is 10.0 Å². The topological polar surface area (TPSA) is 118 Å². The van der Waals surface area contributed by atoms with E-state index >= 15 is 0 Å². The molecular weight excluding hydrogens is 334 g/mol. The molecule has 2 aromatic carbocycles. The van der Waals surface area contributed by atoms with E-state index in [-0.39, 0.29) is 22.2 Å². The Bertz CT molecular complexity index is 892. The van der Waals surface area contributed by atoms with Crippen molar-refractivity contribution in [2.75, 3.05) is 11.8 Å². The molecule has 9 heteroatoms. The van der Waals surface area contributed by atoms with Crippen LogP contribution in [0.1, 0.15) is 15.9 Å². The molecule has 0 bridgehead atoms. The molecule has 2 aromatic rings. The van der Waals surface area contributed by atoms with E-state index in [4.69, 9.17) is 0 Å². The Morgan fingerprint density at radius 1 is 1.12 bits per heavy atom. The number of nitro groups is 1. The van der Waals surface area contributed by atoms with Crippen LogP contribution >= 0.6 is 0 Å². The van der Waals surface area contributed by atoms with Gasteiger partial charge in [-0.3, -0.25) is 19.6 Å². The van der Waals surface area contributed by atoms with Crippen molar-refractivity contribution in [3.8, 4) is 0 Å². The maximum absolute atomic E-state index is 12.3. The molecule has 0 unspecified atom stereocenters. The van der Waals surface area contributed by atoms with Crippen molar-refractivity contribution in [3.63, 3.8) is 0 Å². The molecule has 0 aliphatic rings. The molecule has 2 rings (SSSR count). The Morgan fingerprint density at radius 2 is 1.75 bits per heavy atom. The van der Waals surface area contributed by atoms with Crippen molar-refractivity contribution in [3.05, 3.63) is 63.7 Å². The van der Waals surface area contributed by atoms with Gasteiger partial charge in [-0.15, -0.1) is 0 Å². The van der Waals surface area contributed by atoms with E-state index in [0.29, 0.717) is 11.1 Å². The van der Waals surface area contributed by atoms with Gasteiger partial charge < -0.3 is 5.32 Å². The fourth-order valence-corrected chi connectivity index (χ4v) is 3.08. The number of benzene rings is 2. The van der Waals surface area contributed by atoms with Crippen LogP contribution < -0.4 is 10.0 Å². The van der Waals surface area contributed by atoms with Crippen LogP contribution in [0.2, 0.25) is 0 Å². The molecule has 2 N–H and O–H groups in total. The molecule has 126 valence electrons. The zero-order chi connectivity index (χ0) is 17.9. The summed E-state index contributed by atoms with van der Waals surface area (Å²) >= 11 is 0. The molecule has 1 amide bonds. The molecule has 0 saturated heterocycles. The van der Waals surface area contributed by atoms with E-state index in [1.165, 1.54) is 50.4 Å². The van der Waals surface area contributed by atoms with Crippen LogP contribution in [-0.4, -0.2) is 26.3 Å². The molecule has 0 aliphatic heterocycles. The number of sulfonamides is 1. The standard InChI is InChI=1S/C15H15N3O5S/c1-10-3-8-13(9-14(10)18(20)21)24(22,23)17-12-6-4-11(5-7-12)15(19)16-2/h3-9,17H,1-2H3,(H,16,19). The van der Waals surface area contributed by atoms with E-state index in [9.17, 15) is 23.3 Å². The molecule has 0 heterocycles. The molecule has 0 saturated carbocycles. The van der Waals surface area contributed by atoms with Crippen molar-refractivity contribution in [1.29, 1.82) is 0 Å². The van der Waals surface area contributed by atoms with Crippen LogP contribution in [0.4, 0.5) is 11.4 Å². The zero-order valence-corrected chi connectivity index (χ0v) is 13.8. The molecular formula is C15H15N3O5S. The van der Waals surface area contributed by atoms with Crippen LogP contribution in [-0.2, 0) is 10.0 Å². The fraction of sp³-hybridized carbons (Fsp3) is 0.133. The zero-order valence-electron chi connectivity index (χ0n) is 12.9. The van der Waals surface area contributed by atoms with Gasteiger partial charge >= 0.3 is 0 Å². The van der Waals surface area contributed by atoms with Gasteiger partial charge in [-0.25, -0.2) is 8.42 Å². The second-order valence-electron chi connectivity index (χ2n) is 4.97. The molecule has 0 aromatic heterocycles. The predicted octanol–water partition coefficient (Wildman–Crippen LogP) is 2.06. The Kier molecular flexibility index (Phi) is 4.84. The first-order valence-electron chi connectivity index (χ1n) is 6.84. The number of hydrogen-bond acceptors (Lipinski definition) is 5. The number of amides is 1. The van der Waals surface area contributed by atoms with Crippen LogP contribution in [0.25, 0.3) is 0 Å². The van der Waals surface area contributed by atoms with Crippen LogP contribution in [0, 0.1) is 17.0 Å². The number of hydrogen-bond donors (Lipinski definition) is 2. The van der Waals surface area contributed by atoms with Crippen molar-refractivity contribution in [2.24, 2.45) is 0 Å². The van der Waals surface area contributed by atoms with Gasteiger partial charge in [0.2, 0.25) is 0 Å². The van der Waals surface area contributed by atoms with Gasteiger partial charge in [-0.2, -0.15) is 0 Å². The summed E-state index contributed by atoms with van der Waals surface area (Å²) in [4.78, 5) is 21.5. The third kappa shape index (κ3) is 3.69. The van der Waals surface area contributed by atoms with Gasteiger partial charge in [0.05, 0.1) is 9.82 Å². The minimum absolute atomic E-state index is 0.213. The van der Waals surface area contributed by atoms with E-state index in [1.807, 2.05) is 0 Å². The molecule has 0 radical (unpaired) electrons.